The number of carbonyl (C=O) groups excluding carboxylic acids is 2. The van der Waals surface area contributed by atoms with Crippen molar-refractivity contribution in [3.8, 4) is 11.3 Å². The molecule has 0 unspecified atom stereocenters. The van der Waals surface area contributed by atoms with Gasteiger partial charge in [-0.25, -0.2) is 4.98 Å². The van der Waals surface area contributed by atoms with Crippen LogP contribution in [0.25, 0.3) is 17.3 Å². The lowest BCUT2D eigenvalue weighted by molar-refractivity contribution is -0.385. The van der Waals surface area contributed by atoms with Crippen LogP contribution >= 0.6 is 11.3 Å². The number of primary amides is 1. The van der Waals surface area contributed by atoms with Gasteiger partial charge in [-0.3, -0.25) is 25.0 Å². The van der Waals surface area contributed by atoms with Crippen molar-refractivity contribution in [1.82, 2.24) is 9.97 Å². The molecule has 0 saturated heterocycles. The maximum absolute atomic E-state index is 12.0. The summed E-state index contributed by atoms with van der Waals surface area (Å²) in [6.07, 6.45) is 4.16. The molecule has 0 fully saturated rings. The topological polar surface area (TPSA) is 144 Å². The minimum absolute atomic E-state index is 0.0872. The first kappa shape index (κ1) is 18.0. The van der Waals surface area contributed by atoms with E-state index in [0.29, 0.717) is 22.0 Å². The number of para-hydroxylation sites is 1. The molecule has 3 aromatic rings. The molecular weight excluding hydrogens is 370 g/mol. The number of hydrogen-bond donors (Lipinski definition) is 3. The normalized spacial score (nSPS) is 10.8. The number of nitro groups is 1. The average molecular weight is 383 g/mol. The lowest BCUT2D eigenvalue weighted by atomic mass is 10.1. The van der Waals surface area contributed by atoms with Crippen LogP contribution in [0, 0.1) is 10.1 Å². The van der Waals surface area contributed by atoms with Crippen molar-refractivity contribution in [2.24, 2.45) is 5.73 Å². The first-order valence-corrected chi connectivity index (χ1v) is 8.48. The summed E-state index contributed by atoms with van der Waals surface area (Å²) in [6, 6.07) is 7.68. The molecule has 10 heteroatoms. The molecule has 0 bridgehead atoms. The van der Waals surface area contributed by atoms with Crippen molar-refractivity contribution in [2.75, 3.05) is 5.32 Å². The fourth-order valence-corrected chi connectivity index (χ4v) is 2.98. The van der Waals surface area contributed by atoms with Gasteiger partial charge in [0.1, 0.15) is 5.69 Å². The molecule has 136 valence electrons. The van der Waals surface area contributed by atoms with E-state index in [1.54, 1.807) is 35.8 Å². The molecule has 9 nitrogen and oxygen atoms in total. The highest BCUT2D eigenvalue weighted by atomic mass is 32.1. The Kier molecular flexibility index (Phi) is 5.08. The third kappa shape index (κ3) is 4.25. The third-order valence-corrected chi connectivity index (χ3v) is 4.28. The molecule has 0 spiro atoms. The fourth-order valence-electron chi connectivity index (χ4n) is 2.26. The molecule has 3 rings (SSSR count). The molecule has 27 heavy (non-hydrogen) atoms. The highest BCUT2D eigenvalue weighted by molar-refractivity contribution is 7.14. The number of rotatable bonds is 6. The number of nitrogens with zero attached hydrogens (tertiary/aromatic N) is 2. The molecule has 0 aliphatic carbocycles. The van der Waals surface area contributed by atoms with Crippen molar-refractivity contribution in [1.29, 1.82) is 0 Å². The Morgan fingerprint density at radius 3 is 2.81 bits per heavy atom. The van der Waals surface area contributed by atoms with Gasteiger partial charge in [0.05, 0.1) is 16.2 Å². The molecule has 2 amide bonds. The van der Waals surface area contributed by atoms with Gasteiger partial charge < -0.3 is 10.7 Å². The monoisotopic (exact) mass is 383 g/mol. The van der Waals surface area contributed by atoms with Gasteiger partial charge >= 0.3 is 0 Å². The molecule has 4 N–H and O–H groups in total. The van der Waals surface area contributed by atoms with Crippen molar-refractivity contribution in [2.45, 2.75) is 0 Å². The number of benzene rings is 1. The van der Waals surface area contributed by atoms with Crippen LogP contribution in [0.3, 0.4) is 0 Å². The van der Waals surface area contributed by atoms with Crippen LogP contribution in [0.5, 0.6) is 0 Å². The summed E-state index contributed by atoms with van der Waals surface area (Å²) in [5.74, 6) is -1.05. The number of anilines is 1. The predicted octanol–water partition coefficient (Wildman–Crippen LogP) is 2.80. The summed E-state index contributed by atoms with van der Waals surface area (Å²) in [6.45, 7) is 0. The van der Waals surface area contributed by atoms with Gasteiger partial charge in [0.25, 0.3) is 11.6 Å². The van der Waals surface area contributed by atoms with E-state index in [2.05, 4.69) is 15.3 Å². The van der Waals surface area contributed by atoms with Gasteiger partial charge in [-0.2, -0.15) is 0 Å². The summed E-state index contributed by atoms with van der Waals surface area (Å²) in [5.41, 5.74) is 6.92. The number of aromatic nitrogens is 2. The molecule has 1 aromatic carbocycles. The zero-order chi connectivity index (χ0) is 19.4. The number of nitro benzene ring substituents is 1. The van der Waals surface area contributed by atoms with Crippen LogP contribution < -0.4 is 11.1 Å². The number of H-pyrrole nitrogens is 1. The second kappa shape index (κ2) is 7.62. The summed E-state index contributed by atoms with van der Waals surface area (Å²) < 4.78 is 0. The molecule has 0 aliphatic heterocycles. The van der Waals surface area contributed by atoms with E-state index < -0.39 is 16.7 Å². The quantitative estimate of drug-likeness (QED) is 0.340. The number of aromatic amines is 1. The zero-order valence-corrected chi connectivity index (χ0v) is 14.5. The van der Waals surface area contributed by atoms with Crippen LogP contribution in [0.15, 0.2) is 48.0 Å². The van der Waals surface area contributed by atoms with Gasteiger partial charge in [0.15, 0.2) is 5.13 Å². The summed E-state index contributed by atoms with van der Waals surface area (Å²) in [4.78, 5) is 40.6. The van der Waals surface area contributed by atoms with E-state index in [-0.39, 0.29) is 11.4 Å². The van der Waals surface area contributed by atoms with E-state index in [1.165, 1.54) is 29.6 Å². The number of carbonyl (C=O) groups is 2. The second-order valence-corrected chi connectivity index (χ2v) is 6.20. The van der Waals surface area contributed by atoms with E-state index in [9.17, 15) is 19.7 Å². The molecule has 0 aliphatic rings. The van der Waals surface area contributed by atoms with Gasteiger partial charge in [0.2, 0.25) is 5.91 Å². The Bertz CT molecular complexity index is 1050. The lowest BCUT2D eigenvalue weighted by Gasteiger charge is -1.98. The number of nitrogens with two attached hydrogens (primary N) is 1. The maximum Gasteiger partial charge on any atom is 0.276 e. The largest absolute Gasteiger partial charge is 0.364 e. The Morgan fingerprint density at radius 2 is 2.11 bits per heavy atom. The van der Waals surface area contributed by atoms with Gasteiger partial charge in [-0.05, 0) is 18.2 Å². The smallest absolute Gasteiger partial charge is 0.276 e. The Balaban J connectivity index is 1.69. The van der Waals surface area contributed by atoms with Crippen LogP contribution in [0.4, 0.5) is 10.8 Å². The van der Waals surface area contributed by atoms with Gasteiger partial charge in [-0.1, -0.05) is 12.1 Å². The van der Waals surface area contributed by atoms with Crippen LogP contribution in [0.1, 0.15) is 16.1 Å². The first-order valence-electron chi connectivity index (χ1n) is 7.60. The summed E-state index contributed by atoms with van der Waals surface area (Å²) in [5, 5.41) is 15.6. The number of amides is 2. The van der Waals surface area contributed by atoms with E-state index in [0.717, 1.165) is 0 Å². The van der Waals surface area contributed by atoms with Crippen molar-refractivity contribution in [3.05, 3.63) is 69.4 Å². The number of nitrogens with one attached hydrogen (secondary N) is 2. The average Bonchev–Trinajstić information content (AvgIpc) is 3.29. The summed E-state index contributed by atoms with van der Waals surface area (Å²) >= 11 is 1.20. The molecule has 2 aromatic heterocycles. The zero-order valence-electron chi connectivity index (χ0n) is 13.7. The van der Waals surface area contributed by atoms with Crippen LogP contribution in [-0.4, -0.2) is 26.7 Å². The first-order chi connectivity index (χ1) is 12.9. The maximum atomic E-state index is 12.0. The van der Waals surface area contributed by atoms with E-state index in [1.807, 2.05) is 0 Å². The van der Waals surface area contributed by atoms with E-state index in [4.69, 9.17) is 5.73 Å². The predicted molar refractivity (Wildman–Crippen MR) is 101 cm³/mol. The highest BCUT2D eigenvalue weighted by Crippen LogP contribution is 2.25. The van der Waals surface area contributed by atoms with Crippen molar-refractivity contribution in [3.63, 3.8) is 0 Å². The molecule has 0 saturated carbocycles. The Morgan fingerprint density at radius 1 is 1.33 bits per heavy atom. The second-order valence-electron chi connectivity index (χ2n) is 5.34. The number of hydrogen-bond acceptors (Lipinski definition) is 6. The third-order valence-electron chi connectivity index (χ3n) is 3.53. The van der Waals surface area contributed by atoms with Crippen LogP contribution in [0.2, 0.25) is 0 Å². The molecule has 2 heterocycles. The van der Waals surface area contributed by atoms with Crippen molar-refractivity contribution >= 4 is 40.0 Å². The van der Waals surface area contributed by atoms with Gasteiger partial charge in [-0.15, -0.1) is 11.3 Å². The molecular formula is C17H13N5O4S. The van der Waals surface area contributed by atoms with Crippen molar-refractivity contribution < 1.29 is 14.5 Å². The highest BCUT2D eigenvalue weighted by Gasteiger charge is 2.12. The SMILES string of the molecule is NC(=O)c1cc(-c2csc(NC(=O)/C=C/c3ccccc3[N+](=O)[O-])n2)c[nH]1. The Labute approximate surface area is 156 Å². The van der Waals surface area contributed by atoms with Gasteiger partial charge in [0, 0.05) is 29.3 Å². The van der Waals surface area contributed by atoms with E-state index >= 15 is 0 Å². The molecule has 0 atom stereocenters. The molecule has 0 radical (unpaired) electrons. The minimum Gasteiger partial charge on any atom is -0.364 e. The fraction of sp³-hybridized carbons (Fsp3) is 0. The lowest BCUT2D eigenvalue weighted by Crippen LogP contribution is -2.10. The Hall–Kier alpha value is -3.79. The summed E-state index contributed by atoms with van der Waals surface area (Å²) in [7, 11) is 0. The number of thiazole rings is 1. The minimum atomic E-state index is -0.579. The standard InChI is InChI=1S/C17H13N5O4S/c18-16(24)12-7-11(8-19-12)13-9-27-17(20-13)21-15(23)6-5-10-3-1-2-4-14(10)22(25)26/h1-9,19H,(H2,18,24)(H,20,21,23)/b6-5+. The van der Waals surface area contributed by atoms with Crippen LogP contribution in [-0.2, 0) is 4.79 Å².